The molecule has 1 heterocycles. The first-order valence-electron chi connectivity index (χ1n) is 8.98. The van der Waals surface area contributed by atoms with Gasteiger partial charge in [0.05, 0.1) is 7.11 Å². The number of hydrazine groups is 1. The Labute approximate surface area is 163 Å². The lowest BCUT2D eigenvalue weighted by molar-refractivity contribution is -0.132. The molecule has 1 fully saturated rings. The Morgan fingerprint density at radius 3 is 2.43 bits per heavy atom. The molecule has 0 aromatic heterocycles. The van der Waals surface area contributed by atoms with Crippen LogP contribution in [0.15, 0.2) is 48.5 Å². The van der Waals surface area contributed by atoms with E-state index in [2.05, 4.69) is 24.6 Å². The van der Waals surface area contributed by atoms with Crippen LogP contribution in [-0.4, -0.2) is 30.0 Å². The third-order valence-corrected chi connectivity index (χ3v) is 4.89. The van der Waals surface area contributed by atoms with Crippen molar-refractivity contribution in [2.75, 3.05) is 7.11 Å². The third kappa shape index (κ3) is 3.43. The molecule has 1 aliphatic heterocycles. The second-order valence-corrected chi connectivity index (χ2v) is 7.15. The van der Waals surface area contributed by atoms with Gasteiger partial charge in [0.15, 0.2) is 0 Å². The van der Waals surface area contributed by atoms with Gasteiger partial charge in [-0.3, -0.25) is 15.0 Å². The van der Waals surface area contributed by atoms with E-state index >= 15 is 0 Å². The highest BCUT2D eigenvalue weighted by atomic mass is 16.5. The van der Waals surface area contributed by atoms with Crippen LogP contribution in [-0.2, 0) is 10.3 Å². The Morgan fingerprint density at radius 2 is 1.82 bits per heavy atom. The molecule has 4 amide bonds. The summed E-state index contributed by atoms with van der Waals surface area (Å²) < 4.78 is 5.19. The van der Waals surface area contributed by atoms with E-state index in [0.717, 1.165) is 10.6 Å². The van der Waals surface area contributed by atoms with Gasteiger partial charge in [-0.1, -0.05) is 38.1 Å². The number of benzene rings is 2. The van der Waals surface area contributed by atoms with Gasteiger partial charge in [-0.2, -0.15) is 5.01 Å². The first-order valence-corrected chi connectivity index (χ1v) is 8.98. The number of imide groups is 1. The quantitative estimate of drug-likeness (QED) is 0.780. The van der Waals surface area contributed by atoms with Crippen molar-refractivity contribution in [2.24, 2.45) is 0 Å². The maximum absolute atomic E-state index is 12.9. The predicted octanol–water partition coefficient (Wildman–Crippen LogP) is 2.93. The van der Waals surface area contributed by atoms with Crippen molar-refractivity contribution in [3.05, 3.63) is 65.2 Å². The van der Waals surface area contributed by atoms with Crippen LogP contribution in [0.4, 0.5) is 4.79 Å². The first kappa shape index (κ1) is 19.4. The van der Waals surface area contributed by atoms with Crippen molar-refractivity contribution in [1.29, 1.82) is 0 Å². The Kier molecular flexibility index (Phi) is 5.09. The molecule has 0 unspecified atom stereocenters. The van der Waals surface area contributed by atoms with Crippen molar-refractivity contribution in [3.8, 4) is 5.75 Å². The molecule has 1 saturated heterocycles. The standard InChI is InChI=1S/C21H23N3O4/c1-13(2)14-8-10-15(11-9-14)18(25)23-24-19(26)21(3,22-20(24)27)16-6-5-7-17(12-16)28-4/h5-13H,1-4H3,(H,22,27)(H,23,25)/t21-/m0/s1. The Morgan fingerprint density at radius 1 is 1.14 bits per heavy atom. The Hall–Kier alpha value is -3.35. The molecule has 146 valence electrons. The highest BCUT2D eigenvalue weighted by molar-refractivity contribution is 6.09. The molecule has 1 atom stereocenters. The van der Waals surface area contributed by atoms with Gasteiger partial charge in [0.1, 0.15) is 11.3 Å². The van der Waals surface area contributed by atoms with Crippen LogP contribution in [0.1, 0.15) is 48.2 Å². The minimum absolute atomic E-state index is 0.339. The SMILES string of the molecule is COc1cccc([C@]2(C)NC(=O)N(NC(=O)c3ccc(C(C)C)cc3)C2=O)c1. The number of methoxy groups -OCH3 is 1. The number of carbonyl (C=O) groups excluding carboxylic acids is 3. The maximum Gasteiger partial charge on any atom is 0.344 e. The lowest BCUT2D eigenvalue weighted by Crippen LogP contribution is -2.47. The van der Waals surface area contributed by atoms with Crippen LogP contribution >= 0.6 is 0 Å². The van der Waals surface area contributed by atoms with Crippen molar-refractivity contribution >= 4 is 17.8 Å². The largest absolute Gasteiger partial charge is 0.497 e. The van der Waals surface area contributed by atoms with E-state index in [1.165, 1.54) is 7.11 Å². The van der Waals surface area contributed by atoms with Crippen LogP contribution in [0, 0.1) is 0 Å². The second kappa shape index (κ2) is 7.34. The van der Waals surface area contributed by atoms with Gasteiger partial charge in [-0.15, -0.1) is 0 Å². The monoisotopic (exact) mass is 381 g/mol. The topological polar surface area (TPSA) is 87.7 Å². The minimum Gasteiger partial charge on any atom is -0.497 e. The van der Waals surface area contributed by atoms with Crippen LogP contribution in [0.25, 0.3) is 0 Å². The maximum atomic E-state index is 12.9. The van der Waals surface area contributed by atoms with Gasteiger partial charge in [0.25, 0.3) is 11.8 Å². The van der Waals surface area contributed by atoms with E-state index in [9.17, 15) is 14.4 Å². The summed E-state index contributed by atoms with van der Waals surface area (Å²) in [4.78, 5) is 37.8. The summed E-state index contributed by atoms with van der Waals surface area (Å²) in [7, 11) is 1.52. The molecule has 2 aromatic carbocycles. The fourth-order valence-electron chi connectivity index (χ4n) is 3.06. The fraction of sp³-hybridized carbons (Fsp3) is 0.286. The molecule has 2 aromatic rings. The number of urea groups is 1. The number of hydrogen-bond acceptors (Lipinski definition) is 4. The summed E-state index contributed by atoms with van der Waals surface area (Å²) in [5.41, 5.74) is 3.11. The zero-order valence-corrected chi connectivity index (χ0v) is 16.3. The molecule has 0 saturated carbocycles. The molecule has 7 nitrogen and oxygen atoms in total. The van der Waals surface area contributed by atoms with E-state index in [-0.39, 0.29) is 0 Å². The van der Waals surface area contributed by atoms with Crippen LogP contribution in [0.2, 0.25) is 0 Å². The summed E-state index contributed by atoms with van der Waals surface area (Å²) in [6.07, 6.45) is 0. The molecule has 3 rings (SSSR count). The molecule has 1 aliphatic rings. The number of hydrogen-bond donors (Lipinski definition) is 2. The third-order valence-electron chi connectivity index (χ3n) is 4.89. The summed E-state index contributed by atoms with van der Waals surface area (Å²) >= 11 is 0. The number of amides is 4. The number of nitrogens with zero attached hydrogens (tertiary/aromatic N) is 1. The second-order valence-electron chi connectivity index (χ2n) is 7.15. The van der Waals surface area contributed by atoms with Gasteiger partial charge < -0.3 is 10.1 Å². The molecule has 7 heteroatoms. The van der Waals surface area contributed by atoms with Gasteiger partial charge >= 0.3 is 6.03 Å². The normalized spacial score (nSPS) is 19.0. The number of nitrogens with one attached hydrogen (secondary N) is 2. The average molecular weight is 381 g/mol. The molecule has 0 radical (unpaired) electrons. The molecule has 0 aliphatic carbocycles. The summed E-state index contributed by atoms with van der Waals surface area (Å²) in [6, 6.07) is 13.2. The van der Waals surface area contributed by atoms with Gasteiger partial charge in [0.2, 0.25) is 0 Å². The molecular weight excluding hydrogens is 358 g/mol. The molecule has 28 heavy (non-hydrogen) atoms. The van der Waals surface area contributed by atoms with Crippen LogP contribution in [0.3, 0.4) is 0 Å². The van der Waals surface area contributed by atoms with E-state index in [1.807, 2.05) is 12.1 Å². The van der Waals surface area contributed by atoms with Crippen LogP contribution in [0.5, 0.6) is 5.75 Å². The number of carbonyl (C=O) groups is 3. The first-order chi connectivity index (χ1) is 13.3. The number of ether oxygens (including phenoxy) is 1. The van der Waals surface area contributed by atoms with E-state index in [0.29, 0.717) is 22.8 Å². The van der Waals surface area contributed by atoms with Gasteiger partial charge in [0, 0.05) is 5.56 Å². The van der Waals surface area contributed by atoms with Gasteiger partial charge in [-0.25, -0.2) is 4.79 Å². The highest BCUT2D eigenvalue weighted by Crippen LogP contribution is 2.30. The zero-order valence-electron chi connectivity index (χ0n) is 16.3. The van der Waals surface area contributed by atoms with E-state index < -0.39 is 23.4 Å². The molecular formula is C21H23N3O4. The zero-order chi connectivity index (χ0) is 20.5. The average Bonchev–Trinajstić information content (AvgIpc) is 2.92. The van der Waals surface area contributed by atoms with Crippen molar-refractivity contribution in [3.63, 3.8) is 0 Å². The van der Waals surface area contributed by atoms with Crippen molar-refractivity contribution in [2.45, 2.75) is 32.2 Å². The molecule has 0 bridgehead atoms. The van der Waals surface area contributed by atoms with Crippen LogP contribution < -0.4 is 15.5 Å². The molecule has 2 N–H and O–H groups in total. The van der Waals surface area contributed by atoms with Crippen molar-refractivity contribution in [1.82, 2.24) is 15.8 Å². The summed E-state index contributed by atoms with van der Waals surface area (Å²) in [5, 5.41) is 3.37. The molecule has 0 spiro atoms. The lowest BCUT2D eigenvalue weighted by Gasteiger charge is -2.22. The Bertz CT molecular complexity index is 924. The summed E-state index contributed by atoms with van der Waals surface area (Å²) in [5.74, 6) is -0.202. The predicted molar refractivity (Wildman–Crippen MR) is 104 cm³/mol. The fourth-order valence-corrected chi connectivity index (χ4v) is 3.06. The van der Waals surface area contributed by atoms with E-state index in [4.69, 9.17) is 4.74 Å². The number of rotatable bonds is 5. The highest BCUT2D eigenvalue weighted by Gasteiger charge is 2.50. The van der Waals surface area contributed by atoms with Gasteiger partial charge in [-0.05, 0) is 48.2 Å². The summed E-state index contributed by atoms with van der Waals surface area (Å²) in [6.45, 7) is 5.70. The smallest absolute Gasteiger partial charge is 0.344 e. The lowest BCUT2D eigenvalue weighted by atomic mass is 9.92. The van der Waals surface area contributed by atoms with Crippen molar-refractivity contribution < 1.29 is 19.1 Å². The minimum atomic E-state index is -1.31. The Balaban J connectivity index is 1.80. The van der Waals surface area contributed by atoms with E-state index in [1.54, 1.807) is 43.3 Å².